The number of hydrogen-bond acceptors (Lipinski definition) is 4. The molecule has 2 unspecified atom stereocenters. The highest BCUT2D eigenvalue weighted by Gasteiger charge is 2.36. The number of carbonyl (C=O) groups is 1. The average molecular weight is 260 g/mol. The lowest BCUT2D eigenvalue weighted by atomic mass is 10.0. The Morgan fingerprint density at radius 3 is 2.71 bits per heavy atom. The van der Waals surface area contributed by atoms with Gasteiger partial charge in [0.15, 0.2) is 9.84 Å². The molecule has 0 saturated carbocycles. The number of nitrogens with zero attached hydrogens (tertiary/aromatic N) is 1. The standard InChI is InChI=1S/C11H20N2O3S/c1-17(15,16)8-11(14)13-7-3-5-10(13)9-4-2-6-12-9/h9-10,12H,2-8H2,1H3. The fraction of sp³-hybridized carbons (Fsp3) is 0.909. The molecule has 0 aliphatic carbocycles. The van der Waals surface area contributed by atoms with Gasteiger partial charge in [0.25, 0.3) is 0 Å². The topological polar surface area (TPSA) is 66.5 Å². The fourth-order valence-corrected chi connectivity index (χ4v) is 3.48. The quantitative estimate of drug-likeness (QED) is 0.761. The Bertz CT molecular complexity index is 388. The van der Waals surface area contributed by atoms with E-state index in [2.05, 4.69) is 5.32 Å². The van der Waals surface area contributed by atoms with Gasteiger partial charge in [0.05, 0.1) is 0 Å². The zero-order valence-electron chi connectivity index (χ0n) is 10.2. The van der Waals surface area contributed by atoms with Crippen LogP contribution in [0.15, 0.2) is 0 Å². The fourth-order valence-electron chi connectivity index (χ4n) is 2.87. The van der Waals surface area contributed by atoms with Crippen molar-refractivity contribution in [1.82, 2.24) is 10.2 Å². The molecule has 1 amide bonds. The maximum Gasteiger partial charge on any atom is 0.238 e. The molecule has 98 valence electrons. The van der Waals surface area contributed by atoms with E-state index < -0.39 is 9.84 Å². The van der Waals surface area contributed by atoms with E-state index in [9.17, 15) is 13.2 Å². The molecule has 0 radical (unpaired) electrons. The highest BCUT2D eigenvalue weighted by atomic mass is 32.2. The number of likely N-dealkylation sites (tertiary alicyclic amines) is 1. The van der Waals surface area contributed by atoms with Crippen molar-refractivity contribution >= 4 is 15.7 Å². The summed E-state index contributed by atoms with van der Waals surface area (Å²) in [6, 6.07) is 0.563. The zero-order valence-corrected chi connectivity index (χ0v) is 11.0. The first kappa shape index (κ1) is 12.8. The first-order valence-corrected chi connectivity index (χ1v) is 8.24. The molecule has 2 fully saturated rings. The molecule has 0 spiro atoms. The summed E-state index contributed by atoms with van der Waals surface area (Å²) < 4.78 is 22.3. The molecular formula is C11H20N2O3S. The molecule has 2 rings (SSSR count). The largest absolute Gasteiger partial charge is 0.337 e. The van der Waals surface area contributed by atoms with E-state index >= 15 is 0 Å². The summed E-state index contributed by atoms with van der Waals surface area (Å²) in [7, 11) is -3.22. The summed E-state index contributed by atoms with van der Waals surface area (Å²) in [5.41, 5.74) is 0. The van der Waals surface area contributed by atoms with Crippen molar-refractivity contribution in [3.05, 3.63) is 0 Å². The Labute approximate surface area is 102 Å². The van der Waals surface area contributed by atoms with Crippen molar-refractivity contribution in [1.29, 1.82) is 0 Å². The van der Waals surface area contributed by atoms with Gasteiger partial charge in [0.1, 0.15) is 5.75 Å². The van der Waals surface area contributed by atoms with Crippen molar-refractivity contribution < 1.29 is 13.2 Å². The van der Waals surface area contributed by atoms with Crippen LogP contribution in [-0.4, -0.2) is 56.4 Å². The minimum Gasteiger partial charge on any atom is -0.337 e. The number of carbonyl (C=O) groups excluding carboxylic acids is 1. The van der Waals surface area contributed by atoms with Crippen LogP contribution in [0.2, 0.25) is 0 Å². The summed E-state index contributed by atoms with van der Waals surface area (Å²) in [5.74, 6) is -0.584. The van der Waals surface area contributed by atoms with Gasteiger partial charge in [-0.05, 0) is 32.2 Å². The Hall–Kier alpha value is -0.620. The highest BCUT2D eigenvalue weighted by Crippen LogP contribution is 2.24. The molecule has 0 aromatic rings. The van der Waals surface area contributed by atoms with Gasteiger partial charge in [-0.3, -0.25) is 4.79 Å². The van der Waals surface area contributed by atoms with E-state index in [1.54, 1.807) is 4.90 Å². The first-order chi connectivity index (χ1) is 7.97. The van der Waals surface area contributed by atoms with Crippen LogP contribution in [0.5, 0.6) is 0 Å². The Morgan fingerprint density at radius 1 is 1.35 bits per heavy atom. The molecular weight excluding hydrogens is 240 g/mol. The predicted molar refractivity (Wildman–Crippen MR) is 65.5 cm³/mol. The normalized spacial score (nSPS) is 29.8. The number of sulfone groups is 1. The third-order valence-electron chi connectivity index (χ3n) is 3.57. The van der Waals surface area contributed by atoms with Crippen LogP contribution >= 0.6 is 0 Å². The summed E-state index contributed by atoms with van der Waals surface area (Å²) in [4.78, 5) is 13.7. The Balaban J connectivity index is 2.01. The van der Waals surface area contributed by atoms with E-state index in [0.717, 1.165) is 38.5 Å². The van der Waals surface area contributed by atoms with Gasteiger partial charge in [0, 0.05) is 24.9 Å². The molecule has 2 atom stereocenters. The summed E-state index contributed by atoms with van der Waals surface area (Å²) >= 11 is 0. The molecule has 0 bridgehead atoms. The van der Waals surface area contributed by atoms with Gasteiger partial charge in [-0.15, -0.1) is 0 Å². The van der Waals surface area contributed by atoms with Gasteiger partial charge in [0.2, 0.25) is 5.91 Å². The molecule has 17 heavy (non-hydrogen) atoms. The molecule has 2 saturated heterocycles. The Morgan fingerprint density at radius 2 is 2.12 bits per heavy atom. The number of amides is 1. The lowest BCUT2D eigenvalue weighted by Crippen LogP contribution is -2.48. The minimum atomic E-state index is -3.22. The van der Waals surface area contributed by atoms with Crippen LogP contribution in [0.1, 0.15) is 25.7 Å². The lowest BCUT2D eigenvalue weighted by Gasteiger charge is -2.29. The lowest BCUT2D eigenvalue weighted by molar-refractivity contribution is -0.129. The van der Waals surface area contributed by atoms with Crippen LogP contribution in [0.25, 0.3) is 0 Å². The third-order valence-corrected chi connectivity index (χ3v) is 4.34. The smallest absolute Gasteiger partial charge is 0.238 e. The number of hydrogen-bond donors (Lipinski definition) is 1. The van der Waals surface area contributed by atoms with Gasteiger partial charge in [-0.1, -0.05) is 0 Å². The van der Waals surface area contributed by atoms with E-state index in [1.165, 1.54) is 0 Å². The number of rotatable bonds is 3. The van der Waals surface area contributed by atoms with Gasteiger partial charge < -0.3 is 10.2 Å². The van der Waals surface area contributed by atoms with E-state index in [0.29, 0.717) is 12.6 Å². The van der Waals surface area contributed by atoms with E-state index in [4.69, 9.17) is 0 Å². The van der Waals surface area contributed by atoms with Gasteiger partial charge in [-0.2, -0.15) is 0 Å². The molecule has 6 heteroatoms. The monoisotopic (exact) mass is 260 g/mol. The SMILES string of the molecule is CS(=O)(=O)CC(=O)N1CCCC1C1CCCN1. The van der Waals surface area contributed by atoms with Crippen LogP contribution in [0.4, 0.5) is 0 Å². The summed E-state index contributed by atoms with van der Waals surface area (Å²) in [6.45, 7) is 1.71. The molecule has 2 aliphatic heterocycles. The summed E-state index contributed by atoms with van der Waals surface area (Å²) in [5, 5.41) is 3.40. The molecule has 0 aromatic heterocycles. The van der Waals surface area contributed by atoms with Crippen LogP contribution < -0.4 is 5.32 Å². The molecule has 5 nitrogen and oxygen atoms in total. The van der Waals surface area contributed by atoms with E-state index in [1.807, 2.05) is 0 Å². The summed E-state index contributed by atoms with van der Waals surface area (Å²) in [6.07, 6.45) is 5.33. The zero-order chi connectivity index (χ0) is 12.5. The van der Waals surface area contributed by atoms with Crippen molar-refractivity contribution in [2.24, 2.45) is 0 Å². The molecule has 1 N–H and O–H groups in total. The van der Waals surface area contributed by atoms with Crippen molar-refractivity contribution in [2.45, 2.75) is 37.8 Å². The van der Waals surface area contributed by atoms with Crippen molar-refractivity contribution in [3.63, 3.8) is 0 Å². The average Bonchev–Trinajstić information content (AvgIpc) is 2.85. The third kappa shape index (κ3) is 3.19. The first-order valence-electron chi connectivity index (χ1n) is 6.18. The molecule has 0 aromatic carbocycles. The van der Waals surface area contributed by atoms with Crippen LogP contribution in [0.3, 0.4) is 0 Å². The van der Waals surface area contributed by atoms with Crippen LogP contribution in [-0.2, 0) is 14.6 Å². The maximum absolute atomic E-state index is 11.9. The minimum absolute atomic E-state index is 0.201. The highest BCUT2D eigenvalue weighted by molar-refractivity contribution is 7.91. The van der Waals surface area contributed by atoms with E-state index in [-0.39, 0.29) is 17.7 Å². The second kappa shape index (κ2) is 4.94. The van der Waals surface area contributed by atoms with Crippen molar-refractivity contribution in [3.8, 4) is 0 Å². The van der Waals surface area contributed by atoms with Gasteiger partial charge in [-0.25, -0.2) is 8.42 Å². The molecule has 2 heterocycles. The van der Waals surface area contributed by atoms with Gasteiger partial charge >= 0.3 is 0 Å². The predicted octanol–water partition coefficient (Wildman–Crippen LogP) is -0.226. The number of nitrogens with one attached hydrogen (secondary N) is 1. The maximum atomic E-state index is 11.9. The molecule has 2 aliphatic rings. The van der Waals surface area contributed by atoms with Crippen LogP contribution in [0, 0.1) is 0 Å². The second-order valence-electron chi connectivity index (χ2n) is 5.07. The van der Waals surface area contributed by atoms with Crippen molar-refractivity contribution in [2.75, 3.05) is 25.1 Å². The second-order valence-corrected chi connectivity index (χ2v) is 7.21. The Kier molecular flexibility index (Phi) is 3.73.